The van der Waals surface area contributed by atoms with Crippen molar-refractivity contribution in [1.82, 2.24) is 9.97 Å². The number of thioether (sulfide) groups is 1. The average molecular weight is 314 g/mol. The van der Waals surface area contributed by atoms with Gasteiger partial charge >= 0.3 is 0 Å². The number of aryl methyl sites for hydroxylation is 1. The highest BCUT2D eigenvalue weighted by atomic mass is 32.2. The Morgan fingerprint density at radius 2 is 2.05 bits per heavy atom. The molecule has 0 fully saturated rings. The maximum Gasteiger partial charge on any atom is 0.128 e. The molecule has 0 amide bonds. The predicted molar refractivity (Wildman–Crippen MR) is 87.1 cm³/mol. The molecule has 0 saturated heterocycles. The smallest absolute Gasteiger partial charge is 0.128 e. The Labute approximate surface area is 130 Å². The minimum absolute atomic E-state index is 0.243. The number of rotatable bonds is 3. The van der Waals surface area contributed by atoms with Crippen molar-refractivity contribution in [2.24, 2.45) is 0 Å². The topological polar surface area (TPSA) is 25.8 Å². The first-order valence-corrected chi connectivity index (χ1v) is 8.13. The second-order valence-corrected chi connectivity index (χ2v) is 6.23. The molecule has 0 spiro atoms. The SMILES string of the molecule is C#CCSc1nc(C)nc2scc(-c3ccc(F)cc3)c12. The van der Waals surface area contributed by atoms with Crippen molar-refractivity contribution in [2.45, 2.75) is 11.9 Å². The van der Waals surface area contributed by atoms with E-state index in [4.69, 9.17) is 6.42 Å². The Morgan fingerprint density at radius 3 is 2.76 bits per heavy atom. The summed E-state index contributed by atoms with van der Waals surface area (Å²) in [6.07, 6.45) is 5.35. The highest BCUT2D eigenvalue weighted by Crippen LogP contribution is 2.38. The molecule has 21 heavy (non-hydrogen) atoms. The van der Waals surface area contributed by atoms with E-state index in [1.54, 1.807) is 23.5 Å². The molecule has 2 aromatic heterocycles. The normalized spacial score (nSPS) is 10.7. The lowest BCUT2D eigenvalue weighted by molar-refractivity contribution is 0.628. The third kappa shape index (κ3) is 2.78. The van der Waals surface area contributed by atoms with Gasteiger partial charge in [0.25, 0.3) is 0 Å². The van der Waals surface area contributed by atoms with Crippen molar-refractivity contribution in [1.29, 1.82) is 0 Å². The summed E-state index contributed by atoms with van der Waals surface area (Å²) in [6, 6.07) is 6.46. The van der Waals surface area contributed by atoms with Crippen LogP contribution in [0.1, 0.15) is 5.82 Å². The average Bonchev–Trinajstić information content (AvgIpc) is 2.89. The van der Waals surface area contributed by atoms with Gasteiger partial charge in [-0.2, -0.15) is 0 Å². The summed E-state index contributed by atoms with van der Waals surface area (Å²) in [4.78, 5) is 9.91. The number of terminal acetylenes is 1. The predicted octanol–water partition coefficient (Wildman–Crippen LogP) is 4.53. The fraction of sp³-hybridized carbons (Fsp3) is 0.125. The van der Waals surface area contributed by atoms with Gasteiger partial charge in [0.05, 0.1) is 11.1 Å². The zero-order valence-electron chi connectivity index (χ0n) is 11.3. The van der Waals surface area contributed by atoms with Crippen LogP contribution < -0.4 is 0 Å². The van der Waals surface area contributed by atoms with Gasteiger partial charge in [-0.25, -0.2) is 14.4 Å². The van der Waals surface area contributed by atoms with E-state index < -0.39 is 0 Å². The second-order valence-electron chi connectivity index (χ2n) is 4.41. The summed E-state index contributed by atoms with van der Waals surface area (Å²) >= 11 is 3.09. The molecule has 0 N–H and O–H groups in total. The van der Waals surface area contributed by atoms with Gasteiger partial charge in [0.15, 0.2) is 0 Å². The molecule has 0 saturated carbocycles. The molecule has 5 heteroatoms. The molecule has 2 nitrogen and oxygen atoms in total. The van der Waals surface area contributed by atoms with Crippen molar-refractivity contribution >= 4 is 33.3 Å². The number of thiophene rings is 1. The fourth-order valence-corrected chi connectivity index (χ4v) is 3.89. The number of hydrogen-bond donors (Lipinski definition) is 0. The third-order valence-electron chi connectivity index (χ3n) is 2.96. The zero-order chi connectivity index (χ0) is 14.8. The Hall–Kier alpha value is -1.90. The molecule has 0 atom stereocenters. The largest absolute Gasteiger partial charge is 0.226 e. The van der Waals surface area contributed by atoms with Crippen LogP contribution in [0.25, 0.3) is 21.3 Å². The van der Waals surface area contributed by atoms with Crippen LogP contribution in [-0.2, 0) is 0 Å². The lowest BCUT2D eigenvalue weighted by Gasteiger charge is -2.05. The van der Waals surface area contributed by atoms with Crippen molar-refractivity contribution < 1.29 is 4.39 Å². The molecule has 0 unspecified atom stereocenters. The molecule has 0 aliphatic heterocycles. The molecule has 0 radical (unpaired) electrons. The summed E-state index contributed by atoms with van der Waals surface area (Å²) in [6.45, 7) is 1.87. The highest BCUT2D eigenvalue weighted by Gasteiger charge is 2.14. The lowest BCUT2D eigenvalue weighted by Crippen LogP contribution is -1.91. The maximum atomic E-state index is 13.1. The van der Waals surface area contributed by atoms with Crippen LogP contribution in [0.5, 0.6) is 0 Å². The fourth-order valence-electron chi connectivity index (χ4n) is 2.07. The van der Waals surface area contributed by atoms with Crippen molar-refractivity contribution in [3.8, 4) is 23.5 Å². The van der Waals surface area contributed by atoms with E-state index >= 15 is 0 Å². The molecule has 1 aromatic carbocycles. The van der Waals surface area contributed by atoms with Crippen molar-refractivity contribution in [3.05, 3.63) is 41.3 Å². The van der Waals surface area contributed by atoms with Crippen LogP contribution in [0.4, 0.5) is 4.39 Å². The summed E-state index contributed by atoms with van der Waals surface area (Å²) in [5.41, 5.74) is 1.98. The van der Waals surface area contributed by atoms with Crippen molar-refractivity contribution in [2.75, 3.05) is 5.75 Å². The zero-order valence-corrected chi connectivity index (χ0v) is 12.9. The number of nitrogens with zero attached hydrogens (tertiary/aromatic N) is 2. The molecule has 0 aliphatic carbocycles. The number of fused-ring (bicyclic) bond motifs is 1. The Bertz CT molecular complexity index is 832. The maximum absolute atomic E-state index is 13.1. The minimum atomic E-state index is -0.243. The van der Waals surface area contributed by atoms with Gasteiger partial charge in [-0.3, -0.25) is 0 Å². The highest BCUT2D eigenvalue weighted by molar-refractivity contribution is 7.99. The monoisotopic (exact) mass is 314 g/mol. The molecule has 104 valence electrons. The van der Waals surface area contributed by atoms with E-state index in [9.17, 15) is 4.39 Å². The lowest BCUT2D eigenvalue weighted by atomic mass is 10.1. The van der Waals surface area contributed by atoms with Gasteiger partial charge < -0.3 is 0 Å². The standard InChI is InChI=1S/C16H11FN2S2/c1-3-8-20-15-14-13(11-4-6-12(17)7-5-11)9-21-16(14)19-10(2)18-15/h1,4-7,9H,8H2,2H3. The van der Waals surface area contributed by atoms with E-state index in [1.165, 1.54) is 23.9 Å². The van der Waals surface area contributed by atoms with Crippen LogP contribution in [0.3, 0.4) is 0 Å². The molecule has 3 rings (SSSR count). The first-order chi connectivity index (χ1) is 10.2. The van der Waals surface area contributed by atoms with E-state index in [0.717, 1.165) is 32.2 Å². The summed E-state index contributed by atoms with van der Waals surface area (Å²) in [5.74, 6) is 3.66. The van der Waals surface area contributed by atoms with Crippen LogP contribution in [-0.4, -0.2) is 15.7 Å². The van der Waals surface area contributed by atoms with Gasteiger partial charge in [0.1, 0.15) is 21.5 Å². The first kappa shape index (κ1) is 14.1. The van der Waals surface area contributed by atoms with Crippen LogP contribution >= 0.6 is 23.1 Å². The quantitative estimate of drug-likeness (QED) is 0.403. The minimum Gasteiger partial charge on any atom is -0.226 e. The molecule has 2 heterocycles. The molecular formula is C16H11FN2S2. The van der Waals surface area contributed by atoms with Crippen LogP contribution in [0.15, 0.2) is 34.7 Å². The molecule has 3 aromatic rings. The summed E-state index contributed by atoms with van der Waals surface area (Å²) in [5, 5.41) is 3.92. The van der Waals surface area contributed by atoms with Gasteiger partial charge in [0, 0.05) is 10.9 Å². The number of benzene rings is 1. The van der Waals surface area contributed by atoms with Gasteiger partial charge in [-0.15, -0.1) is 17.8 Å². The first-order valence-electron chi connectivity index (χ1n) is 6.27. The Kier molecular flexibility index (Phi) is 3.91. The van der Waals surface area contributed by atoms with Gasteiger partial charge in [-0.1, -0.05) is 29.8 Å². The van der Waals surface area contributed by atoms with Crippen molar-refractivity contribution in [3.63, 3.8) is 0 Å². The van der Waals surface area contributed by atoms with Crippen LogP contribution in [0.2, 0.25) is 0 Å². The second kappa shape index (κ2) is 5.84. The molecule has 0 aliphatic rings. The number of hydrogen-bond acceptors (Lipinski definition) is 4. The summed E-state index contributed by atoms with van der Waals surface area (Å²) < 4.78 is 13.1. The van der Waals surface area contributed by atoms with E-state index in [2.05, 4.69) is 15.9 Å². The Morgan fingerprint density at radius 1 is 1.29 bits per heavy atom. The molecular weight excluding hydrogens is 303 g/mol. The Balaban J connectivity index is 2.20. The van der Waals surface area contributed by atoms with E-state index in [-0.39, 0.29) is 5.82 Å². The number of halogens is 1. The third-order valence-corrected chi connectivity index (χ3v) is 4.71. The van der Waals surface area contributed by atoms with Gasteiger partial charge in [0.2, 0.25) is 0 Å². The number of aromatic nitrogens is 2. The molecule has 0 bridgehead atoms. The van der Waals surface area contributed by atoms with Crippen LogP contribution in [0, 0.1) is 25.1 Å². The summed E-state index contributed by atoms with van der Waals surface area (Å²) in [7, 11) is 0. The van der Waals surface area contributed by atoms with E-state index in [1.807, 2.05) is 12.3 Å². The van der Waals surface area contributed by atoms with E-state index in [0.29, 0.717) is 5.75 Å². The van der Waals surface area contributed by atoms with Gasteiger partial charge in [-0.05, 0) is 24.6 Å².